The summed E-state index contributed by atoms with van der Waals surface area (Å²) < 4.78 is 0. The molecule has 1 aromatic heterocycles. The zero-order valence-electron chi connectivity index (χ0n) is 9.70. The fourth-order valence-electron chi connectivity index (χ4n) is 1.54. The summed E-state index contributed by atoms with van der Waals surface area (Å²) in [5.41, 5.74) is 0.681. The molecule has 6 heteroatoms. The summed E-state index contributed by atoms with van der Waals surface area (Å²) in [4.78, 5) is 5.43. The molecule has 0 unspecified atom stereocenters. The highest BCUT2D eigenvalue weighted by atomic mass is 35.5. The molecular formula is C12H12Cl2N2OS. The second kappa shape index (κ2) is 5.89. The van der Waals surface area contributed by atoms with E-state index in [0.717, 1.165) is 5.01 Å². The van der Waals surface area contributed by atoms with E-state index >= 15 is 0 Å². The van der Waals surface area contributed by atoms with Gasteiger partial charge in [0, 0.05) is 34.7 Å². The van der Waals surface area contributed by atoms with E-state index in [1.165, 1.54) is 10.9 Å². The maximum atomic E-state index is 9.78. The zero-order chi connectivity index (χ0) is 13.1. The van der Waals surface area contributed by atoms with Crippen molar-refractivity contribution in [3.8, 4) is 5.75 Å². The third kappa shape index (κ3) is 3.36. The lowest BCUT2D eigenvalue weighted by atomic mass is 10.2. The molecule has 0 fully saturated rings. The van der Waals surface area contributed by atoms with Crippen molar-refractivity contribution in [3.05, 3.63) is 43.8 Å². The maximum Gasteiger partial charge on any atom is 0.138 e. The number of aromatic nitrogens is 1. The van der Waals surface area contributed by atoms with Gasteiger partial charge in [0.2, 0.25) is 0 Å². The molecule has 2 N–H and O–H groups in total. The number of hydrogen-bond acceptors (Lipinski definition) is 4. The standard InChI is InChI=1S/C12H12Cl2N2OS/c1-7-4-16-11(18-7)6-15-5-8-2-9(13)3-10(14)12(8)17/h2-4,15,17H,5-6H2,1H3. The summed E-state index contributed by atoms with van der Waals surface area (Å²) in [5.74, 6) is 0.0730. The molecule has 96 valence electrons. The maximum absolute atomic E-state index is 9.78. The molecule has 0 bridgehead atoms. The van der Waals surface area contributed by atoms with Crippen LogP contribution in [-0.4, -0.2) is 10.1 Å². The Labute approximate surface area is 119 Å². The number of phenols is 1. The van der Waals surface area contributed by atoms with Crippen molar-refractivity contribution in [2.24, 2.45) is 0 Å². The Bertz CT molecular complexity index is 557. The Hall–Kier alpha value is -0.810. The average Bonchev–Trinajstić information content (AvgIpc) is 2.71. The molecule has 0 aliphatic rings. The fraction of sp³-hybridized carbons (Fsp3) is 0.250. The minimum absolute atomic E-state index is 0.0730. The largest absolute Gasteiger partial charge is 0.506 e. The summed E-state index contributed by atoms with van der Waals surface area (Å²) in [6, 6.07) is 3.22. The first-order valence-electron chi connectivity index (χ1n) is 5.35. The van der Waals surface area contributed by atoms with Crippen molar-refractivity contribution in [1.29, 1.82) is 0 Å². The van der Waals surface area contributed by atoms with Crippen molar-refractivity contribution in [2.75, 3.05) is 0 Å². The number of phenolic OH excluding ortho intramolecular Hbond substituents is 1. The fourth-order valence-corrected chi connectivity index (χ4v) is 2.83. The van der Waals surface area contributed by atoms with Crippen molar-refractivity contribution in [2.45, 2.75) is 20.0 Å². The van der Waals surface area contributed by atoms with E-state index in [2.05, 4.69) is 10.3 Å². The Kier molecular flexibility index (Phi) is 4.45. The highest BCUT2D eigenvalue weighted by molar-refractivity contribution is 7.11. The van der Waals surface area contributed by atoms with Gasteiger partial charge in [-0.1, -0.05) is 23.2 Å². The highest BCUT2D eigenvalue weighted by Crippen LogP contribution is 2.31. The Morgan fingerprint density at radius 1 is 1.33 bits per heavy atom. The number of benzene rings is 1. The van der Waals surface area contributed by atoms with E-state index in [1.807, 2.05) is 13.1 Å². The van der Waals surface area contributed by atoms with Crippen LogP contribution in [0.15, 0.2) is 18.3 Å². The minimum atomic E-state index is 0.0730. The summed E-state index contributed by atoms with van der Waals surface area (Å²) in [7, 11) is 0. The number of aryl methyl sites for hydroxylation is 1. The van der Waals surface area contributed by atoms with Crippen LogP contribution < -0.4 is 5.32 Å². The van der Waals surface area contributed by atoms with Gasteiger partial charge in [0.25, 0.3) is 0 Å². The summed E-state index contributed by atoms with van der Waals surface area (Å²) in [6.07, 6.45) is 1.84. The number of nitrogens with zero attached hydrogens (tertiary/aromatic N) is 1. The van der Waals surface area contributed by atoms with Crippen LogP contribution >= 0.6 is 34.5 Å². The van der Waals surface area contributed by atoms with Crippen LogP contribution in [0.25, 0.3) is 0 Å². The van der Waals surface area contributed by atoms with Crippen LogP contribution in [0.4, 0.5) is 0 Å². The number of hydrogen-bond donors (Lipinski definition) is 2. The Balaban J connectivity index is 1.98. The van der Waals surface area contributed by atoms with Crippen molar-refractivity contribution in [3.63, 3.8) is 0 Å². The molecule has 2 aromatic rings. The zero-order valence-corrected chi connectivity index (χ0v) is 12.0. The lowest BCUT2D eigenvalue weighted by molar-refractivity contribution is 0.464. The second-order valence-electron chi connectivity index (χ2n) is 3.86. The van der Waals surface area contributed by atoms with Gasteiger partial charge in [0.05, 0.1) is 5.02 Å². The predicted octanol–water partition coefficient (Wildman–Crippen LogP) is 3.75. The molecule has 0 atom stereocenters. The van der Waals surface area contributed by atoms with Gasteiger partial charge < -0.3 is 10.4 Å². The van der Waals surface area contributed by atoms with E-state index in [-0.39, 0.29) is 10.8 Å². The lowest BCUT2D eigenvalue weighted by Crippen LogP contribution is -2.12. The third-order valence-electron chi connectivity index (χ3n) is 2.37. The van der Waals surface area contributed by atoms with Crippen LogP contribution in [0, 0.1) is 6.92 Å². The molecular weight excluding hydrogens is 291 g/mol. The minimum Gasteiger partial charge on any atom is -0.506 e. The number of rotatable bonds is 4. The summed E-state index contributed by atoms with van der Waals surface area (Å²) >= 11 is 13.4. The molecule has 1 aromatic carbocycles. The molecule has 0 spiro atoms. The van der Waals surface area contributed by atoms with Crippen molar-refractivity contribution >= 4 is 34.5 Å². The molecule has 0 radical (unpaired) electrons. The SMILES string of the molecule is Cc1cnc(CNCc2cc(Cl)cc(Cl)c2O)s1. The Morgan fingerprint density at radius 2 is 2.11 bits per heavy atom. The van der Waals surface area contributed by atoms with E-state index in [1.54, 1.807) is 17.4 Å². The predicted molar refractivity (Wildman–Crippen MR) is 75.5 cm³/mol. The van der Waals surface area contributed by atoms with Gasteiger partial charge in [-0.3, -0.25) is 0 Å². The number of thiazole rings is 1. The first-order valence-corrected chi connectivity index (χ1v) is 6.92. The normalized spacial score (nSPS) is 10.8. The lowest BCUT2D eigenvalue weighted by Gasteiger charge is -2.07. The smallest absolute Gasteiger partial charge is 0.138 e. The molecule has 0 saturated carbocycles. The summed E-state index contributed by atoms with van der Waals surface area (Å²) in [6.45, 7) is 3.16. The van der Waals surface area contributed by atoms with Crippen molar-refractivity contribution < 1.29 is 5.11 Å². The first-order chi connectivity index (χ1) is 8.56. The van der Waals surface area contributed by atoms with Crippen LogP contribution in [0.2, 0.25) is 10.0 Å². The monoisotopic (exact) mass is 302 g/mol. The molecule has 0 saturated heterocycles. The van der Waals surface area contributed by atoms with Gasteiger partial charge >= 0.3 is 0 Å². The first kappa shape index (κ1) is 13.6. The van der Waals surface area contributed by atoms with Gasteiger partial charge in [0.15, 0.2) is 0 Å². The molecule has 0 aliphatic carbocycles. The van der Waals surface area contributed by atoms with Gasteiger partial charge in [-0.2, -0.15) is 0 Å². The van der Waals surface area contributed by atoms with Gasteiger partial charge in [0.1, 0.15) is 10.8 Å². The third-order valence-corrected chi connectivity index (χ3v) is 3.79. The summed E-state index contributed by atoms with van der Waals surface area (Å²) in [5, 5.41) is 14.8. The molecule has 0 aliphatic heterocycles. The molecule has 2 rings (SSSR count). The number of halogens is 2. The Morgan fingerprint density at radius 3 is 2.78 bits per heavy atom. The van der Waals surface area contributed by atoms with Crippen LogP contribution in [0.1, 0.15) is 15.4 Å². The van der Waals surface area contributed by atoms with Gasteiger partial charge in [-0.25, -0.2) is 4.98 Å². The van der Waals surface area contributed by atoms with E-state index in [0.29, 0.717) is 23.7 Å². The quantitative estimate of drug-likeness (QED) is 0.904. The van der Waals surface area contributed by atoms with Gasteiger partial charge in [-0.05, 0) is 19.1 Å². The highest BCUT2D eigenvalue weighted by Gasteiger charge is 2.08. The van der Waals surface area contributed by atoms with E-state index in [4.69, 9.17) is 23.2 Å². The van der Waals surface area contributed by atoms with E-state index < -0.39 is 0 Å². The second-order valence-corrected chi connectivity index (χ2v) is 6.03. The van der Waals surface area contributed by atoms with Crippen LogP contribution in [0.3, 0.4) is 0 Å². The van der Waals surface area contributed by atoms with Gasteiger partial charge in [-0.15, -0.1) is 11.3 Å². The molecule has 18 heavy (non-hydrogen) atoms. The van der Waals surface area contributed by atoms with Crippen LogP contribution in [-0.2, 0) is 13.1 Å². The molecule has 0 amide bonds. The molecule has 1 heterocycles. The van der Waals surface area contributed by atoms with E-state index in [9.17, 15) is 5.11 Å². The van der Waals surface area contributed by atoms with Crippen molar-refractivity contribution in [1.82, 2.24) is 10.3 Å². The van der Waals surface area contributed by atoms with Crippen LogP contribution in [0.5, 0.6) is 5.75 Å². The topological polar surface area (TPSA) is 45.2 Å². The average molecular weight is 303 g/mol. The number of aromatic hydroxyl groups is 1. The molecule has 3 nitrogen and oxygen atoms in total. The number of nitrogens with one attached hydrogen (secondary N) is 1.